The van der Waals surface area contributed by atoms with E-state index in [9.17, 15) is 0 Å². The Balaban J connectivity index is 2.05. The Morgan fingerprint density at radius 3 is 2.54 bits per heavy atom. The summed E-state index contributed by atoms with van der Waals surface area (Å²) in [5.41, 5.74) is 10.2. The number of aromatic nitrogens is 2. The molecule has 130 valence electrons. The monoisotopic (exact) mass is 361 g/mol. The maximum Gasteiger partial charge on any atom is 0.137 e. The predicted octanol–water partition coefficient (Wildman–Crippen LogP) is 6.12. The first-order valence-corrected chi connectivity index (χ1v) is 9.08. The van der Waals surface area contributed by atoms with E-state index in [1.807, 2.05) is 24.4 Å². The number of nitrogens with zero attached hydrogens (tertiary/aromatic N) is 2. The highest BCUT2D eigenvalue weighted by molar-refractivity contribution is 6.34. The van der Waals surface area contributed by atoms with Crippen LogP contribution in [0.5, 0.6) is 0 Å². The van der Waals surface area contributed by atoms with E-state index in [0.29, 0.717) is 16.9 Å². The summed E-state index contributed by atoms with van der Waals surface area (Å²) in [5.74, 6) is 0.922. The van der Waals surface area contributed by atoms with Gasteiger partial charge in [0.05, 0.1) is 5.69 Å². The molecule has 4 rings (SSSR count). The minimum atomic E-state index is 0.404. The smallest absolute Gasteiger partial charge is 0.137 e. The minimum Gasteiger partial charge on any atom is -0.384 e. The second-order valence-electron chi connectivity index (χ2n) is 6.98. The molecule has 0 aliphatic carbocycles. The normalized spacial score (nSPS) is 11.6. The highest BCUT2D eigenvalue weighted by Crippen LogP contribution is 2.35. The van der Waals surface area contributed by atoms with Gasteiger partial charge in [-0.05, 0) is 46.9 Å². The Bertz CT molecular complexity index is 1150. The van der Waals surface area contributed by atoms with Crippen molar-refractivity contribution in [3.05, 3.63) is 64.9 Å². The van der Waals surface area contributed by atoms with Gasteiger partial charge in [-0.3, -0.25) is 0 Å². The van der Waals surface area contributed by atoms with Crippen molar-refractivity contribution >= 4 is 39.0 Å². The molecule has 0 saturated heterocycles. The number of benzene rings is 2. The van der Waals surface area contributed by atoms with Crippen LogP contribution in [0, 0.1) is 6.92 Å². The van der Waals surface area contributed by atoms with E-state index < -0.39 is 0 Å². The Labute approximate surface area is 157 Å². The molecule has 0 aliphatic rings. The molecule has 3 nitrogen and oxygen atoms in total. The Hall–Kier alpha value is -2.65. The lowest BCUT2D eigenvalue weighted by molar-refractivity contribution is 0.876. The van der Waals surface area contributed by atoms with Crippen LogP contribution in [0.3, 0.4) is 0 Å². The average molecular weight is 362 g/mol. The standard InChI is InChI=1S/C22H20ClN3/c1-12(2)14-5-4-6-16-18(14)9-20(26-22(16)23)15-8-7-13(3)17-10-21(24)25-11-19(15)17/h4-12H,1-3H3,(H2,24,25). The third kappa shape index (κ3) is 2.69. The molecule has 2 aromatic heterocycles. The molecule has 0 spiro atoms. The van der Waals surface area contributed by atoms with Gasteiger partial charge in [0.25, 0.3) is 0 Å². The average Bonchev–Trinajstić information content (AvgIpc) is 2.62. The number of pyridine rings is 2. The van der Waals surface area contributed by atoms with E-state index in [0.717, 1.165) is 38.4 Å². The number of nitrogens with two attached hydrogens (primary N) is 1. The maximum absolute atomic E-state index is 6.55. The van der Waals surface area contributed by atoms with Gasteiger partial charge in [-0.1, -0.05) is 55.8 Å². The van der Waals surface area contributed by atoms with Crippen LogP contribution in [0.25, 0.3) is 32.8 Å². The van der Waals surface area contributed by atoms with Gasteiger partial charge < -0.3 is 5.73 Å². The zero-order valence-corrected chi connectivity index (χ0v) is 15.8. The Morgan fingerprint density at radius 2 is 1.77 bits per heavy atom. The van der Waals surface area contributed by atoms with Gasteiger partial charge >= 0.3 is 0 Å². The molecule has 0 unspecified atom stereocenters. The van der Waals surface area contributed by atoms with E-state index in [1.165, 1.54) is 5.56 Å². The minimum absolute atomic E-state index is 0.404. The van der Waals surface area contributed by atoms with Crippen molar-refractivity contribution in [3.8, 4) is 11.3 Å². The fraction of sp³-hybridized carbons (Fsp3) is 0.182. The highest BCUT2D eigenvalue weighted by atomic mass is 35.5. The summed E-state index contributed by atoms with van der Waals surface area (Å²) >= 11 is 6.55. The second-order valence-corrected chi connectivity index (χ2v) is 7.34. The van der Waals surface area contributed by atoms with Crippen molar-refractivity contribution in [3.63, 3.8) is 0 Å². The topological polar surface area (TPSA) is 51.8 Å². The molecule has 2 N–H and O–H groups in total. The van der Waals surface area contributed by atoms with Crippen LogP contribution in [0.1, 0.15) is 30.9 Å². The van der Waals surface area contributed by atoms with Crippen LogP contribution in [0.2, 0.25) is 5.15 Å². The van der Waals surface area contributed by atoms with Gasteiger partial charge in [-0.25, -0.2) is 9.97 Å². The van der Waals surface area contributed by atoms with Crippen molar-refractivity contribution in [2.75, 3.05) is 5.73 Å². The molecule has 2 aromatic carbocycles. The predicted molar refractivity (Wildman–Crippen MR) is 111 cm³/mol. The van der Waals surface area contributed by atoms with E-state index in [2.05, 4.69) is 55.0 Å². The first kappa shape index (κ1) is 16.8. The van der Waals surface area contributed by atoms with Crippen LogP contribution < -0.4 is 5.73 Å². The zero-order chi connectivity index (χ0) is 18.4. The number of halogens is 1. The molecule has 0 aliphatic heterocycles. The number of nitrogen functional groups attached to an aromatic ring is 1. The summed E-state index contributed by atoms with van der Waals surface area (Å²) in [6.45, 7) is 6.46. The summed E-state index contributed by atoms with van der Waals surface area (Å²) in [6, 6.07) is 14.4. The van der Waals surface area contributed by atoms with E-state index >= 15 is 0 Å². The summed E-state index contributed by atoms with van der Waals surface area (Å²) in [6.07, 6.45) is 1.82. The fourth-order valence-electron chi connectivity index (χ4n) is 3.52. The molecular formula is C22H20ClN3. The van der Waals surface area contributed by atoms with Crippen LogP contribution in [-0.2, 0) is 0 Å². The number of hydrogen-bond donors (Lipinski definition) is 1. The van der Waals surface area contributed by atoms with E-state index in [4.69, 9.17) is 17.3 Å². The van der Waals surface area contributed by atoms with Crippen molar-refractivity contribution in [1.29, 1.82) is 0 Å². The largest absolute Gasteiger partial charge is 0.384 e. The fourth-order valence-corrected chi connectivity index (χ4v) is 3.78. The lowest BCUT2D eigenvalue weighted by atomic mass is 9.94. The zero-order valence-electron chi connectivity index (χ0n) is 15.0. The molecule has 0 amide bonds. The molecule has 4 aromatic rings. The van der Waals surface area contributed by atoms with Crippen molar-refractivity contribution in [1.82, 2.24) is 9.97 Å². The van der Waals surface area contributed by atoms with Gasteiger partial charge in [0.2, 0.25) is 0 Å². The van der Waals surface area contributed by atoms with Crippen LogP contribution in [0.4, 0.5) is 5.82 Å². The summed E-state index contributed by atoms with van der Waals surface area (Å²) in [4.78, 5) is 8.96. The van der Waals surface area contributed by atoms with Crippen LogP contribution in [0.15, 0.2) is 48.7 Å². The first-order valence-electron chi connectivity index (χ1n) is 8.70. The summed E-state index contributed by atoms with van der Waals surface area (Å²) in [7, 11) is 0. The lowest BCUT2D eigenvalue weighted by Crippen LogP contribution is -1.95. The molecule has 4 heteroatoms. The first-order chi connectivity index (χ1) is 12.5. The van der Waals surface area contributed by atoms with Gasteiger partial charge in [-0.2, -0.15) is 0 Å². The summed E-state index contributed by atoms with van der Waals surface area (Å²) < 4.78 is 0. The van der Waals surface area contributed by atoms with Gasteiger partial charge in [0.1, 0.15) is 11.0 Å². The lowest BCUT2D eigenvalue weighted by Gasteiger charge is -2.14. The molecule has 26 heavy (non-hydrogen) atoms. The molecule has 0 bridgehead atoms. The molecule has 0 fully saturated rings. The molecule has 2 heterocycles. The van der Waals surface area contributed by atoms with Gasteiger partial charge in [0, 0.05) is 22.5 Å². The van der Waals surface area contributed by atoms with E-state index in [-0.39, 0.29) is 0 Å². The van der Waals surface area contributed by atoms with Gasteiger partial charge in [0.15, 0.2) is 0 Å². The quantitative estimate of drug-likeness (QED) is 0.438. The molecule has 0 saturated carbocycles. The second kappa shape index (κ2) is 6.26. The highest BCUT2D eigenvalue weighted by Gasteiger charge is 2.14. The third-order valence-corrected chi connectivity index (χ3v) is 5.19. The maximum atomic E-state index is 6.55. The van der Waals surface area contributed by atoms with Crippen molar-refractivity contribution in [2.24, 2.45) is 0 Å². The number of fused-ring (bicyclic) bond motifs is 2. The van der Waals surface area contributed by atoms with Crippen LogP contribution >= 0.6 is 11.6 Å². The number of hydrogen-bond acceptors (Lipinski definition) is 3. The Morgan fingerprint density at radius 1 is 0.962 bits per heavy atom. The Kier molecular flexibility index (Phi) is 4.04. The number of anilines is 1. The molecule has 0 radical (unpaired) electrons. The SMILES string of the molecule is Cc1ccc(-c2cc3c(C(C)C)cccc3c(Cl)n2)c2cnc(N)cc12. The van der Waals surface area contributed by atoms with E-state index in [1.54, 1.807) is 0 Å². The molecular weight excluding hydrogens is 342 g/mol. The van der Waals surface area contributed by atoms with Crippen LogP contribution in [-0.4, -0.2) is 9.97 Å². The van der Waals surface area contributed by atoms with Crippen molar-refractivity contribution < 1.29 is 0 Å². The summed E-state index contributed by atoms with van der Waals surface area (Å²) in [5, 5.41) is 4.78. The third-order valence-electron chi connectivity index (χ3n) is 4.90. The van der Waals surface area contributed by atoms with Gasteiger partial charge in [-0.15, -0.1) is 0 Å². The molecule has 0 atom stereocenters. The number of aryl methyl sites for hydroxylation is 1. The number of rotatable bonds is 2. The van der Waals surface area contributed by atoms with Crippen molar-refractivity contribution in [2.45, 2.75) is 26.7 Å².